The number of halogens is 1. The van der Waals surface area contributed by atoms with E-state index in [0.29, 0.717) is 0 Å². The SMILES string of the molecule is CCn1cc(CCCN2CCNCC2)c2ccc(Cl)c(C)c21. The van der Waals surface area contributed by atoms with Crippen molar-refractivity contribution in [2.75, 3.05) is 32.7 Å². The minimum Gasteiger partial charge on any atom is -0.347 e. The van der Waals surface area contributed by atoms with Gasteiger partial charge in [0.25, 0.3) is 0 Å². The highest BCUT2D eigenvalue weighted by Gasteiger charge is 2.13. The first kappa shape index (κ1) is 15.9. The Morgan fingerprint density at radius 2 is 2.00 bits per heavy atom. The normalized spacial score (nSPS) is 16.5. The third kappa shape index (κ3) is 3.17. The highest BCUT2D eigenvalue weighted by atomic mass is 35.5. The fourth-order valence-electron chi connectivity index (χ4n) is 3.50. The Hall–Kier alpha value is -1.03. The first-order valence-corrected chi connectivity index (χ1v) is 8.78. The van der Waals surface area contributed by atoms with Crippen molar-refractivity contribution in [2.45, 2.75) is 33.2 Å². The lowest BCUT2D eigenvalue weighted by Gasteiger charge is -2.26. The second-order valence-electron chi connectivity index (χ2n) is 6.20. The van der Waals surface area contributed by atoms with Crippen LogP contribution in [0.25, 0.3) is 10.9 Å². The third-order valence-electron chi connectivity index (χ3n) is 4.78. The maximum absolute atomic E-state index is 6.31. The lowest BCUT2D eigenvalue weighted by Crippen LogP contribution is -2.43. The Bertz CT molecular complexity index is 641. The second kappa shape index (κ2) is 7.03. The number of nitrogens with one attached hydrogen (secondary N) is 1. The highest BCUT2D eigenvalue weighted by molar-refractivity contribution is 6.32. The Morgan fingerprint density at radius 1 is 1.23 bits per heavy atom. The average molecular weight is 320 g/mol. The van der Waals surface area contributed by atoms with Gasteiger partial charge in [-0.25, -0.2) is 0 Å². The van der Waals surface area contributed by atoms with Crippen LogP contribution in [0.3, 0.4) is 0 Å². The van der Waals surface area contributed by atoms with Crippen LogP contribution in [-0.4, -0.2) is 42.2 Å². The summed E-state index contributed by atoms with van der Waals surface area (Å²) in [7, 11) is 0. The number of benzene rings is 1. The smallest absolute Gasteiger partial charge is 0.0527 e. The summed E-state index contributed by atoms with van der Waals surface area (Å²) in [6.45, 7) is 11.2. The Balaban J connectivity index is 1.74. The van der Waals surface area contributed by atoms with E-state index >= 15 is 0 Å². The molecule has 1 fully saturated rings. The molecule has 0 amide bonds. The lowest BCUT2D eigenvalue weighted by molar-refractivity contribution is 0.238. The van der Waals surface area contributed by atoms with Crippen molar-refractivity contribution in [3.63, 3.8) is 0 Å². The number of hydrogen-bond donors (Lipinski definition) is 1. The van der Waals surface area contributed by atoms with E-state index in [0.717, 1.165) is 31.1 Å². The molecule has 4 heteroatoms. The summed E-state index contributed by atoms with van der Waals surface area (Å²) in [5, 5.41) is 5.66. The molecule has 1 N–H and O–H groups in total. The first-order valence-electron chi connectivity index (χ1n) is 8.40. The summed E-state index contributed by atoms with van der Waals surface area (Å²) in [5.41, 5.74) is 3.98. The zero-order valence-electron chi connectivity index (χ0n) is 13.7. The van der Waals surface area contributed by atoms with E-state index in [9.17, 15) is 0 Å². The Kier molecular flexibility index (Phi) is 5.07. The van der Waals surface area contributed by atoms with Gasteiger partial charge in [0.05, 0.1) is 5.52 Å². The number of aromatic nitrogens is 1. The molecule has 0 bridgehead atoms. The molecule has 22 heavy (non-hydrogen) atoms. The molecule has 0 spiro atoms. The topological polar surface area (TPSA) is 20.2 Å². The molecule has 0 aliphatic carbocycles. The van der Waals surface area contributed by atoms with Crippen LogP contribution in [-0.2, 0) is 13.0 Å². The number of piperazine rings is 1. The van der Waals surface area contributed by atoms with Gasteiger partial charge in [-0.1, -0.05) is 17.7 Å². The Morgan fingerprint density at radius 3 is 2.73 bits per heavy atom. The minimum absolute atomic E-state index is 0.868. The van der Waals surface area contributed by atoms with Gasteiger partial charge >= 0.3 is 0 Å². The molecule has 120 valence electrons. The van der Waals surface area contributed by atoms with Crippen molar-refractivity contribution in [3.8, 4) is 0 Å². The number of rotatable bonds is 5. The maximum atomic E-state index is 6.31. The molecule has 1 aliphatic rings. The summed E-state index contributed by atoms with van der Waals surface area (Å²) in [4.78, 5) is 2.57. The average Bonchev–Trinajstić information content (AvgIpc) is 2.90. The van der Waals surface area contributed by atoms with Gasteiger partial charge in [0, 0.05) is 49.3 Å². The first-order chi connectivity index (χ1) is 10.7. The van der Waals surface area contributed by atoms with E-state index in [1.165, 1.54) is 48.1 Å². The molecule has 1 aliphatic heterocycles. The van der Waals surface area contributed by atoms with Gasteiger partial charge in [-0.2, -0.15) is 0 Å². The largest absolute Gasteiger partial charge is 0.347 e. The van der Waals surface area contributed by atoms with E-state index in [4.69, 9.17) is 11.6 Å². The van der Waals surface area contributed by atoms with Crippen LogP contribution >= 0.6 is 11.6 Å². The van der Waals surface area contributed by atoms with Crippen molar-refractivity contribution in [2.24, 2.45) is 0 Å². The lowest BCUT2D eigenvalue weighted by atomic mass is 10.1. The number of fused-ring (bicyclic) bond motifs is 1. The van der Waals surface area contributed by atoms with Crippen LogP contribution in [0.5, 0.6) is 0 Å². The van der Waals surface area contributed by atoms with E-state index in [1.807, 2.05) is 6.07 Å². The summed E-state index contributed by atoms with van der Waals surface area (Å²) in [6, 6.07) is 4.23. The van der Waals surface area contributed by atoms with Crippen molar-refractivity contribution >= 4 is 22.5 Å². The van der Waals surface area contributed by atoms with E-state index in [2.05, 4.69) is 40.9 Å². The summed E-state index contributed by atoms with van der Waals surface area (Å²) >= 11 is 6.31. The zero-order chi connectivity index (χ0) is 15.5. The van der Waals surface area contributed by atoms with Gasteiger partial charge in [-0.05, 0) is 50.4 Å². The van der Waals surface area contributed by atoms with Crippen LogP contribution in [0, 0.1) is 6.92 Å². The van der Waals surface area contributed by atoms with E-state index in [-0.39, 0.29) is 0 Å². The van der Waals surface area contributed by atoms with Gasteiger partial charge in [0.1, 0.15) is 0 Å². The van der Waals surface area contributed by atoms with E-state index < -0.39 is 0 Å². The molecule has 1 aromatic carbocycles. The van der Waals surface area contributed by atoms with E-state index in [1.54, 1.807) is 0 Å². The predicted molar refractivity (Wildman–Crippen MR) is 95.0 cm³/mol. The quantitative estimate of drug-likeness (QED) is 0.910. The standard InChI is InChI=1S/C18H26ClN3/c1-3-22-13-15(5-4-10-21-11-8-20-9-12-21)16-6-7-17(19)14(2)18(16)22/h6-7,13,20H,3-5,8-12H2,1-2H3. The highest BCUT2D eigenvalue weighted by Crippen LogP contribution is 2.30. The van der Waals surface area contributed by atoms with Crippen LogP contribution in [0.2, 0.25) is 5.02 Å². The molecule has 3 nitrogen and oxygen atoms in total. The fraction of sp³-hybridized carbons (Fsp3) is 0.556. The molecule has 2 aromatic rings. The van der Waals surface area contributed by atoms with Crippen molar-refractivity contribution < 1.29 is 0 Å². The molecule has 1 saturated heterocycles. The summed E-state index contributed by atoms with van der Waals surface area (Å²) in [5.74, 6) is 0. The molecule has 0 saturated carbocycles. The number of aryl methyl sites for hydroxylation is 3. The molecule has 0 radical (unpaired) electrons. The fourth-order valence-corrected chi connectivity index (χ4v) is 3.66. The van der Waals surface area contributed by atoms with Crippen molar-refractivity contribution in [1.29, 1.82) is 0 Å². The summed E-state index contributed by atoms with van der Waals surface area (Å²) in [6.07, 6.45) is 4.70. The molecular weight excluding hydrogens is 294 g/mol. The zero-order valence-corrected chi connectivity index (χ0v) is 14.4. The molecule has 2 heterocycles. The summed E-state index contributed by atoms with van der Waals surface area (Å²) < 4.78 is 2.34. The van der Waals surface area contributed by atoms with Gasteiger partial charge in [0.2, 0.25) is 0 Å². The monoisotopic (exact) mass is 319 g/mol. The number of hydrogen-bond acceptors (Lipinski definition) is 2. The van der Waals surface area contributed by atoms with Crippen LogP contribution < -0.4 is 5.32 Å². The molecule has 0 unspecified atom stereocenters. The van der Waals surface area contributed by atoms with Gasteiger partial charge < -0.3 is 14.8 Å². The second-order valence-corrected chi connectivity index (χ2v) is 6.61. The van der Waals surface area contributed by atoms with Gasteiger partial charge in [-0.3, -0.25) is 0 Å². The molecular formula is C18H26ClN3. The third-order valence-corrected chi connectivity index (χ3v) is 5.19. The molecule has 3 rings (SSSR count). The van der Waals surface area contributed by atoms with Gasteiger partial charge in [-0.15, -0.1) is 0 Å². The Labute approximate surface area is 138 Å². The van der Waals surface area contributed by atoms with Gasteiger partial charge in [0.15, 0.2) is 0 Å². The molecule has 1 aromatic heterocycles. The van der Waals surface area contributed by atoms with Crippen LogP contribution in [0.15, 0.2) is 18.3 Å². The molecule has 0 atom stereocenters. The number of nitrogens with zero attached hydrogens (tertiary/aromatic N) is 2. The van der Waals surface area contributed by atoms with Crippen LogP contribution in [0.4, 0.5) is 0 Å². The minimum atomic E-state index is 0.868. The maximum Gasteiger partial charge on any atom is 0.0527 e. The van der Waals surface area contributed by atoms with Crippen molar-refractivity contribution in [1.82, 2.24) is 14.8 Å². The van der Waals surface area contributed by atoms with Crippen molar-refractivity contribution in [3.05, 3.63) is 34.5 Å². The van der Waals surface area contributed by atoms with Crippen LogP contribution in [0.1, 0.15) is 24.5 Å². The predicted octanol–water partition coefficient (Wildman–Crippen LogP) is 3.46.